The summed E-state index contributed by atoms with van der Waals surface area (Å²) in [5.74, 6) is -0.419. The van der Waals surface area contributed by atoms with Crippen molar-refractivity contribution in [3.8, 4) is 0 Å². The highest BCUT2D eigenvalue weighted by molar-refractivity contribution is 6.03. The van der Waals surface area contributed by atoms with Crippen LogP contribution in [-0.2, 0) is 7.05 Å². The number of fused-ring (bicyclic) bond motifs is 1. The van der Waals surface area contributed by atoms with Crippen LogP contribution >= 0.6 is 0 Å². The lowest BCUT2D eigenvalue weighted by Crippen LogP contribution is -2.10. The summed E-state index contributed by atoms with van der Waals surface area (Å²) >= 11 is 0. The fraction of sp³-hybridized carbons (Fsp3) is 0.462. The molecule has 0 spiro atoms. The maximum atomic E-state index is 11.3. The Bertz CT molecular complexity index is 604. The lowest BCUT2D eigenvalue weighted by atomic mass is 10.1. The number of aryl methyl sites for hydroxylation is 1. The van der Waals surface area contributed by atoms with Crippen molar-refractivity contribution in [3.05, 3.63) is 18.0 Å². The molecule has 0 aliphatic rings. The molecule has 6 heteroatoms. The van der Waals surface area contributed by atoms with Gasteiger partial charge in [0.1, 0.15) is 5.56 Å². The van der Waals surface area contributed by atoms with Crippen LogP contribution in [0.4, 0.5) is 5.69 Å². The quantitative estimate of drug-likeness (QED) is 0.862. The molecule has 0 saturated carbocycles. The van der Waals surface area contributed by atoms with Crippen molar-refractivity contribution in [1.82, 2.24) is 14.8 Å². The molecule has 0 atom stereocenters. The molecule has 0 amide bonds. The molecule has 0 unspecified atom stereocenters. The Morgan fingerprint density at radius 3 is 2.84 bits per heavy atom. The number of pyridine rings is 1. The number of aromatic nitrogens is 3. The molecular weight excluding hydrogens is 244 g/mol. The molecule has 0 radical (unpaired) electrons. The maximum Gasteiger partial charge on any atom is 0.339 e. The molecule has 2 rings (SSSR count). The van der Waals surface area contributed by atoms with Gasteiger partial charge < -0.3 is 10.4 Å². The summed E-state index contributed by atoms with van der Waals surface area (Å²) in [4.78, 5) is 15.4. The molecule has 2 N–H and O–H groups in total. The summed E-state index contributed by atoms with van der Waals surface area (Å²) in [6.07, 6.45) is 4.00. The van der Waals surface area contributed by atoms with Crippen molar-refractivity contribution < 1.29 is 9.90 Å². The van der Waals surface area contributed by atoms with E-state index >= 15 is 0 Å². The molecule has 0 aliphatic heterocycles. The molecule has 2 aromatic heterocycles. The van der Waals surface area contributed by atoms with Crippen molar-refractivity contribution in [1.29, 1.82) is 0 Å². The SMILES string of the molecule is CC(C)CCNc1c(C(=O)O)cnc2c1cnn2C. The summed E-state index contributed by atoms with van der Waals surface area (Å²) in [5.41, 5.74) is 1.47. The Kier molecular flexibility index (Phi) is 3.69. The fourth-order valence-corrected chi connectivity index (χ4v) is 1.93. The van der Waals surface area contributed by atoms with Crippen molar-refractivity contribution >= 4 is 22.7 Å². The second-order valence-electron chi connectivity index (χ2n) is 4.97. The van der Waals surface area contributed by atoms with E-state index in [1.165, 1.54) is 6.20 Å². The van der Waals surface area contributed by atoms with E-state index in [0.717, 1.165) is 18.4 Å². The van der Waals surface area contributed by atoms with Crippen LogP contribution in [0.2, 0.25) is 0 Å². The van der Waals surface area contributed by atoms with E-state index < -0.39 is 5.97 Å². The highest BCUT2D eigenvalue weighted by Gasteiger charge is 2.16. The van der Waals surface area contributed by atoms with E-state index in [1.807, 2.05) is 0 Å². The van der Waals surface area contributed by atoms with E-state index in [9.17, 15) is 9.90 Å². The van der Waals surface area contributed by atoms with Crippen LogP contribution in [0, 0.1) is 5.92 Å². The van der Waals surface area contributed by atoms with Crippen LogP contribution in [0.5, 0.6) is 0 Å². The van der Waals surface area contributed by atoms with Crippen molar-refractivity contribution in [2.24, 2.45) is 13.0 Å². The molecule has 0 bridgehead atoms. The van der Waals surface area contributed by atoms with Gasteiger partial charge in [0.25, 0.3) is 0 Å². The second kappa shape index (κ2) is 5.26. The lowest BCUT2D eigenvalue weighted by Gasteiger charge is -2.11. The predicted molar refractivity (Wildman–Crippen MR) is 73.4 cm³/mol. The minimum Gasteiger partial charge on any atom is -0.478 e. The number of carboxylic acid groups (broad SMARTS) is 1. The second-order valence-corrected chi connectivity index (χ2v) is 4.97. The molecule has 6 nitrogen and oxygen atoms in total. The van der Waals surface area contributed by atoms with Gasteiger partial charge in [-0.05, 0) is 12.3 Å². The molecular formula is C13H18N4O2. The van der Waals surface area contributed by atoms with Gasteiger partial charge in [0, 0.05) is 19.8 Å². The minimum atomic E-state index is -0.981. The first-order chi connectivity index (χ1) is 9.00. The third kappa shape index (κ3) is 2.67. The monoisotopic (exact) mass is 262 g/mol. The van der Waals surface area contributed by atoms with Gasteiger partial charge in [0.2, 0.25) is 0 Å². The first-order valence-corrected chi connectivity index (χ1v) is 6.28. The number of carboxylic acids is 1. The van der Waals surface area contributed by atoms with Gasteiger partial charge in [-0.25, -0.2) is 9.78 Å². The van der Waals surface area contributed by atoms with Gasteiger partial charge >= 0.3 is 5.97 Å². The number of nitrogens with one attached hydrogen (secondary N) is 1. The third-order valence-electron chi connectivity index (χ3n) is 3.02. The Morgan fingerprint density at radius 2 is 2.21 bits per heavy atom. The van der Waals surface area contributed by atoms with Gasteiger partial charge in [-0.3, -0.25) is 4.68 Å². The highest BCUT2D eigenvalue weighted by Crippen LogP contribution is 2.25. The molecule has 0 saturated heterocycles. The Labute approximate surface area is 111 Å². The number of anilines is 1. The van der Waals surface area contributed by atoms with Gasteiger partial charge in [-0.1, -0.05) is 13.8 Å². The number of hydrogen-bond acceptors (Lipinski definition) is 4. The topological polar surface area (TPSA) is 80.0 Å². The van der Waals surface area contributed by atoms with Crippen LogP contribution in [0.1, 0.15) is 30.6 Å². The van der Waals surface area contributed by atoms with Crippen LogP contribution in [0.25, 0.3) is 11.0 Å². The van der Waals surface area contributed by atoms with Gasteiger partial charge in [0.15, 0.2) is 5.65 Å². The summed E-state index contributed by atoms with van der Waals surface area (Å²) < 4.78 is 1.63. The van der Waals surface area contributed by atoms with Crippen molar-refractivity contribution in [2.75, 3.05) is 11.9 Å². The molecule has 19 heavy (non-hydrogen) atoms. The third-order valence-corrected chi connectivity index (χ3v) is 3.02. The normalized spacial score (nSPS) is 11.2. The van der Waals surface area contributed by atoms with Crippen molar-refractivity contribution in [2.45, 2.75) is 20.3 Å². The maximum absolute atomic E-state index is 11.3. The zero-order valence-electron chi connectivity index (χ0n) is 11.3. The first kappa shape index (κ1) is 13.3. The number of aromatic carboxylic acids is 1. The molecule has 2 heterocycles. The van der Waals surface area contributed by atoms with Crippen LogP contribution in [0.15, 0.2) is 12.4 Å². The Morgan fingerprint density at radius 1 is 1.47 bits per heavy atom. The van der Waals surface area contributed by atoms with Gasteiger partial charge in [-0.2, -0.15) is 5.10 Å². The van der Waals surface area contributed by atoms with Crippen LogP contribution in [0.3, 0.4) is 0 Å². The number of carbonyl (C=O) groups is 1. The summed E-state index contributed by atoms with van der Waals surface area (Å²) in [6.45, 7) is 4.99. The van der Waals surface area contributed by atoms with E-state index in [1.54, 1.807) is 17.9 Å². The van der Waals surface area contributed by atoms with Gasteiger partial charge in [0.05, 0.1) is 17.3 Å². The largest absolute Gasteiger partial charge is 0.478 e. The standard InChI is InChI=1S/C13H18N4O2/c1-8(2)4-5-14-11-9-7-16-17(3)12(9)15-6-10(11)13(18)19/h6-8H,4-5H2,1-3H3,(H,14,15)(H,18,19). The van der Waals surface area contributed by atoms with E-state index in [0.29, 0.717) is 17.3 Å². The van der Waals surface area contributed by atoms with Crippen LogP contribution < -0.4 is 5.32 Å². The number of hydrogen-bond donors (Lipinski definition) is 2. The van der Waals surface area contributed by atoms with E-state index in [2.05, 4.69) is 29.2 Å². The van der Waals surface area contributed by atoms with E-state index in [-0.39, 0.29) is 5.56 Å². The summed E-state index contributed by atoms with van der Waals surface area (Å²) in [5, 5.41) is 17.3. The average Bonchev–Trinajstić information content (AvgIpc) is 2.71. The number of rotatable bonds is 5. The molecule has 102 valence electrons. The van der Waals surface area contributed by atoms with Crippen molar-refractivity contribution in [3.63, 3.8) is 0 Å². The molecule has 0 aromatic carbocycles. The van der Waals surface area contributed by atoms with E-state index in [4.69, 9.17) is 0 Å². The zero-order valence-corrected chi connectivity index (χ0v) is 11.3. The highest BCUT2D eigenvalue weighted by atomic mass is 16.4. The Balaban J connectivity index is 2.41. The average molecular weight is 262 g/mol. The molecule has 0 fully saturated rings. The predicted octanol–water partition coefficient (Wildman–Crippen LogP) is 2.12. The molecule has 0 aliphatic carbocycles. The Hall–Kier alpha value is -2.11. The lowest BCUT2D eigenvalue weighted by molar-refractivity contribution is 0.0697. The van der Waals surface area contributed by atoms with Crippen LogP contribution in [-0.4, -0.2) is 32.4 Å². The smallest absolute Gasteiger partial charge is 0.339 e. The van der Waals surface area contributed by atoms with Gasteiger partial charge in [-0.15, -0.1) is 0 Å². The zero-order chi connectivity index (χ0) is 14.0. The summed E-state index contributed by atoms with van der Waals surface area (Å²) in [7, 11) is 1.79. The molecule has 2 aromatic rings. The minimum absolute atomic E-state index is 0.184. The fourth-order valence-electron chi connectivity index (χ4n) is 1.93. The number of nitrogens with zero attached hydrogens (tertiary/aromatic N) is 3. The first-order valence-electron chi connectivity index (χ1n) is 6.28. The summed E-state index contributed by atoms with van der Waals surface area (Å²) in [6, 6.07) is 0.